The van der Waals surface area contributed by atoms with E-state index in [1.165, 1.54) is 11.1 Å². The van der Waals surface area contributed by atoms with E-state index in [0.717, 1.165) is 30.0 Å². The van der Waals surface area contributed by atoms with Crippen molar-refractivity contribution >= 4 is 35.1 Å². The molecule has 3 aliphatic rings. The molecule has 0 aliphatic carbocycles. The van der Waals surface area contributed by atoms with Crippen LogP contribution < -0.4 is 15.5 Å². The SMILES string of the molecule is O=C1CC(N2Cc3cc(CNCC4CCN(c5ncc(-c6cccc(Cl)c6)cc5C(F)(F)F)CC4)ccc3C2=O)C(=O)N1. The Kier molecular flexibility index (Phi) is 7.87. The Morgan fingerprint density at radius 2 is 1.81 bits per heavy atom. The zero-order chi connectivity index (χ0) is 30.3. The van der Waals surface area contributed by atoms with E-state index in [9.17, 15) is 27.6 Å². The fraction of sp³-hybridized carbons (Fsp3) is 0.355. The monoisotopic (exact) mass is 611 g/mol. The summed E-state index contributed by atoms with van der Waals surface area (Å²) in [7, 11) is 0. The number of hydrogen-bond acceptors (Lipinski definition) is 6. The van der Waals surface area contributed by atoms with Crippen LogP contribution in [0.3, 0.4) is 0 Å². The van der Waals surface area contributed by atoms with Gasteiger partial charge in [-0.15, -0.1) is 0 Å². The van der Waals surface area contributed by atoms with E-state index in [2.05, 4.69) is 15.6 Å². The lowest BCUT2D eigenvalue weighted by Crippen LogP contribution is -2.40. The summed E-state index contributed by atoms with van der Waals surface area (Å²) >= 11 is 6.03. The fourth-order valence-electron chi connectivity index (χ4n) is 6.06. The Hall–Kier alpha value is -3.96. The van der Waals surface area contributed by atoms with Gasteiger partial charge in [-0.3, -0.25) is 19.7 Å². The zero-order valence-electron chi connectivity index (χ0n) is 23.1. The predicted molar refractivity (Wildman–Crippen MR) is 154 cm³/mol. The van der Waals surface area contributed by atoms with Gasteiger partial charge in [0.2, 0.25) is 11.8 Å². The van der Waals surface area contributed by atoms with Crippen LogP contribution in [-0.2, 0) is 28.9 Å². The Morgan fingerprint density at radius 1 is 1.02 bits per heavy atom. The molecule has 2 N–H and O–H groups in total. The van der Waals surface area contributed by atoms with Gasteiger partial charge in [0, 0.05) is 48.5 Å². The molecule has 0 bridgehead atoms. The molecule has 12 heteroatoms. The number of carbonyl (C=O) groups excluding carboxylic acids is 3. The summed E-state index contributed by atoms with van der Waals surface area (Å²) in [6.07, 6.45) is -1.66. The van der Waals surface area contributed by atoms with Crippen LogP contribution in [0.4, 0.5) is 19.0 Å². The number of benzene rings is 2. The Bertz CT molecular complexity index is 1590. The predicted octanol–water partition coefficient (Wildman–Crippen LogP) is 4.80. The van der Waals surface area contributed by atoms with Crippen LogP contribution >= 0.6 is 11.6 Å². The van der Waals surface area contributed by atoms with Crippen molar-refractivity contribution in [3.63, 3.8) is 0 Å². The van der Waals surface area contributed by atoms with Crippen molar-refractivity contribution in [1.29, 1.82) is 0 Å². The van der Waals surface area contributed by atoms with Crippen LogP contribution in [0.1, 0.15) is 46.3 Å². The van der Waals surface area contributed by atoms with E-state index in [1.807, 2.05) is 12.1 Å². The number of hydrogen-bond donors (Lipinski definition) is 2. The quantitative estimate of drug-likeness (QED) is 0.373. The van der Waals surface area contributed by atoms with E-state index in [-0.39, 0.29) is 30.6 Å². The van der Waals surface area contributed by atoms with Crippen LogP contribution in [-0.4, -0.2) is 53.3 Å². The summed E-state index contributed by atoms with van der Waals surface area (Å²) in [5.41, 5.74) is 2.52. The number of aromatic nitrogens is 1. The lowest BCUT2D eigenvalue weighted by molar-refractivity contribution is -0.137. The first kappa shape index (κ1) is 29.1. The second kappa shape index (κ2) is 11.6. The highest BCUT2D eigenvalue weighted by atomic mass is 35.5. The number of nitrogens with zero attached hydrogens (tertiary/aromatic N) is 3. The second-order valence-corrected chi connectivity index (χ2v) is 11.7. The average Bonchev–Trinajstić information content (AvgIpc) is 3.49. The number of anilines is 1. The van der Waals surface area contributed by atoms with E-state index < -0.39 is 23.7 Å². The van der Waals surface area contributed by atoms with Crippen molar-refractivity contribution in [3.05, 3.63) is 82.0 Å². The minimum atomic E-state index is -4.55. The number of pyridine rings is 1. The molecular weight excluding hydrogens is 583 g/mol. The number of carbonyl (C=O) groups is 3. The van der Waals surface area contributed by atoms with Crippen molar-refractivity contribution in [1.82, 2.24) is 20.5 Å². The number of halogens is 4. The molecule has 3 amide bonds. The van der Waals surface area contributed by atoms with Gasteiger partial charge in [0.05, 0.1) is 12.0 Å². The molecular formula is C31H29ClF3N5O3. The molecule has 0 spiro atoms. The number of rotatable bonds is 7. The molecule has 0 radical (unpaired) electrons. The first-order chi connectivity index (χ1) is 20.6. The maximum Gasteiger partial charge on any atom is 0.419 e. The number of amides is 3. The fourth-order valence-corrected chi connectivity index (χ4v) is 6.25. The molecule has 0 saturated carbocycles. The number of nitrogens with one attached hydrogen (secondary N) is 2. The first-order valence-corrected chi connectivity index (χ1v) is 14.5. The molecule has 2 saturated heterocycles. The van der Waals surface area contributed by atoms with Gasteiger partial charge < -0.3 is 15.1 Å². The largest absolute Gasteiger partial charge is 0.419 e. The molecule has 1 aromatic heterocycles. The van der Waals surface area contributed by atoms with Gasteiger partial charge in [-0.05, 0) is 66.3 Å². The van der Waals surface area contributed by atoms with Crippen molar-refractivity contribution in [3.8, 4) is 11.1 Å². The maximum absolute atomic E-state index is 14.1. The highest BCUT2D eigenvalue weighted by Crippen LogP contribution is 2.39. The standard InChI is InChI=1S/C31H29ClF3N5O3/c32-23-3-1-2-20(11-23)21-12-25(31(33,34)35)28(37-16-21)39-8-6-18(7-9-39)14-36-15-19-4-5-24-22(10-19)17-40(30(24)43)26-13-27(41)38-29(26)42/h1-5,10-12,16,18,26,36H,6-9,13-15,17H2,(H,38,41,42). The van der Waals surface area contributed by atoms with Gasteiger partial charge in [-0.2, -0.15) is 13.2 Å². The molecule has 1 unspecified atom stereocenters. The Labute approximate surface area is 251 Å². The van der Waals surface area contributed by atoms with Crippen molar-refractivity contribution < 1.29 is 27.6 Å². The third-order valence-electron chi connectivity index (χ3n) is 8.33. The van der Waals surface area contributed by atoms with Gasteiger partial charge in [0.1, 0.15) is 11.9 Å². The average molecular weight is 612 g/mol. The minimum absolute atomic E-state index is 0.0201. The van der Waals surface area contributed by atoms with Crippen LogP contribution in [0, 0.1) is 5.92 Å². The summed E-state index contributed by atoms with van der Waals surface area (Å²) in [6.45, 7) is 2.47. The third kappa shape index (κ3) is 6.09. The van der Waals surface area contributed by atoms with E-state index >= 15 is 0 Å². The normalized spacial score (nSPS) is 19.3. The molecule has 224 valence electrons. The van der Waals surface area contributed by atoms with Crippen molar-refractivity contribution in [2.75, 3.05) is 24.5 Å². The topological polar surface area (TPSA) is 94.6 Å². The Balaban J connectivity index is 1.04. The molecule has 2 aromatic carbocycles. The van der Waals surface area contributed by atoms with Gasteiger partial charge in [0.25, 0.3) is 5.91 Å². The highest BCUT2D eigenvalue weighted by Gasteiger charge is 2.41. The van der Waals surface area contributed by atoms with Crippen molar-refractivity contribution in [2.45, 2.75) is 44.6 Å². The first-order valence-electron chi connectivity index (χ1n) is 14.1. The lowest BCUT2D eigenvalue weighted by atomic mass is 9.96. The third-order valence-corrected chi connectivity index (χ3v) is 8.56. The number of fused-ring (bicyclic) bond motifs is 1. The number of alkyl halides is 3. The molecule has 2 fully saturated rings. The van der Waals surface area contributed by atoms with Gasteiger partial charge in [-0.1, -0.05) is 35.9 Å². The number of piperidine rings is 1. The molecule has 3 aromatic rings. The molecule has 6 rings (SSSR count). The van der Waals surface area contributed by atoms with Crippen LogP contribution in [0.5, 0.6) is 0 Å². The Morgan fingerprint density at radius 3 is 2.51 bits per heavy atom. The maximum atomic E-state index is 14.1. The van der Waals surface area contributed by atoms with Crippen LogP contribution in [0.2, 0.25) is 5.02 Å². The highest BCUT2D eigenvalue weighted by molar-refractivity contribution is 6.30. The van der Waals surface area contributed by atoms with Crippen molar-refractivity contribution in [2.24, 2.45) is 5.92 Å². The zero-order valence-corrected chi connectivity index (χ0v) is 23.8. The molecule has 3 aliphatic heterocycles. The summed E-state index contributed by atoms with van der Waals surface area (Å²) < 4.78 is 42.2. The van der Waals surface area contributed by atoms with Gasteiger partial charge in [0.15, 0.2) is 0 Å². The van der Waals surface area contributed by atoms with Gasteiger partial charge >= 0.3 is 6.18 Å². The van der Waals surface area contributed by atoms with Gasteiger partial charge in [-0.25, -0.2) is 4.98 Å². The summed E-state index contributed by atoms with van der Waals surface area (Å²) in [6, 6.07) is 12.6. The number of imide groups is 1. The van der Waals surface area contributed by atoms with E-state index in [0.29, 0.717) is 53.8 Å². The van der Waals surface area contributed by atoms with Crippen LogP contribution in [0.15, 0.2) is 54.7 Å². The second-order valence-electron chi connectivity index (χ2n) is 11.2. The smallest absolute Gasteiger partial charge is 0.356 e. The molecule has 4 heterocycles. The van der Waals surface area contributed by atoms with Crippen LogP contribution in [0.25, 0.3) is 11.1 Å². The van der Waals surface area contributed by atoms with E-state index in [4.69, 9.17) is 11.6 Å². The van der Waals surface area contributed by atoms with E-state index in [1.54, 1.807) is 35.2 Å². The molecule has 8 nitrogen and oxygen atoms in total. The lowest BCUT2D eigenvalue weighted by Gasteiger charge is -2.34. The molecule has 43 heavy (non-hydrogen) atoms. The summed E-state index contributed by atoms with van der Waals surface area (Å²) in [5.74, 6) is -0.831. The molecule has 1 atom stereocenters. The minimum Gasteiger partial charge on any atom is -0.356 e. The summed E-state index contributed by atoms with van der Waals surface area (Å²) in [5, 5.41) is 6.13. The summed E-state index contributed by atoms with van der Waals surface area (Å²) in [4.78, 5) is 43.9.